The standard InChI is InChI=1S/C14H20F2N2O2/c1-14(2,13(17)18-19)8-3-4-9-20-12-10(15)6-5-7-11(12)16/h5-7,19H,3-4,8-9H2,1-2H3,(H2,17,18). The molecule has 0 aromatic heterocycles. The van der Waals surface area contributed by atoms with Crippen molar-refractivity contribution in [3.8, 4) is 5.75 Å². The summed E-state index contributed by atoms with van der Waals surface area (Å²) in [5.74, 6) is -1.59. The Morgan fingerprint density at radius 2 is 1.90 bits per heavy atom. The molecule has 4 nitrogen and oxygen atoms in total. The van der Waals surface area contributed by atoms with Crippen molar-refractivity contribution in [3.63, 3.8) is 0 Å². The SMILES string of the molecule is CC(C)(CCCCOc1c(F)cccc1F)/C(N)=N/O. The zero-order chi connectivity index (χ0) is 15.2. The van der Waals surface area contributed by atoms with Gasteiger partial charge in [0.1, 0.15) is 5.84 Å². The van der Waals surface area contributed by atoms with Crippen molar-refractivity contribution in [3.05, 3.63) is 29.8 Å². The highest BCUT2D eigenvalue weighted by Crippen LogP contribution is 2.24. The number of ether oxygens (including phenoxy) is 1. The molecular formula is C14H20F2N2O2. The number of amidine groups is 1. The summed E-state index contributed by atoms with van der Waals surface area (Å²) in [5, 5.41) is 11.6. The lowest BCUT2D eigenvalue weighted by Gasteiger charge is -2.22. The number of hydrogen-bond acceptors (Lipinski definition) is 3. The molecule has 0 saturated carbocycles. The van der Waals surface area contributed by atoms with E-state index < -0.39 is 17.0 Å². The Bertz CT molecular complexity index is 456. The Hall–Kier alpha value is -1.85. The molecule has 0 bridgehead atoms. The zero-order valence-corrected chi connectivity index (χ0v) is 11.7. The van der Waals surface area contributed by atoms with Gasteiger partial charge in [-0.1, -0.05) is 25.1 Å². The summed E-state index contributed by atoms with van der Waals surface area (Å²) in [6.45, 7) is 3.93. The van der Waals surface area contributed by atoms with Crippen molar-refractivity contribution in [2.45, 2.75) is 33.1 Å². The molecule has 6 heteroatoms. The number of oxime groups is 1. The van der Waals surface area contributed by atoms with E-state index in [0.29, 0.717) is 12.8 Å². The van der Waals surface area contributed by atoms with Crippen LogP contribution in [0.3, 0.4) is 0 Å². The molecule has 0 saturated heterocycles. The number of rotatable bonds is 7. The molecule has 0 fully saturated rings. The number of nitrogens with two attached hydrogens (primary N) is 1. The van der Waals surface area contributed by atoms with Gasteiger partial charge in [-0.3, -0.25) is 0 Å². The van der Waals surface area contributed by atoms with Gasteiger partial charge in [-0.25, -0.2) is 8.78 Å². The first-order valence-corrected chi connectivity index (χ1v) is 6.43. The van der Waals surface area contributed by atoms with Crippen LogP contribution < -0.4 is 10.5 Å². The van der Waals surface area contributed by atoms with Gasteiger partial charge in [-0.15, -0.1) is 0 Å². The van der Waals surface area contributed by atoms with Crippen LogP contribution in [0.15, 0.2) is 23.4 Å². The van der Waals surface area contributed by atoms with E-state index in [0.717, 1.165) is 18.6 Å². The second-order valence-corrected chi connectivity index (χ2v) is 5.23. The van der Waals surface area contributed by atoms with E-state index in [1.165, 1.54) is 6.07 Å². The average molecular weight is 286 g/mol. The summed E-state index contributed by atoms with van der Waals surface area (Å²) in [6.07, 6.45) is 2.04. The second kappa shape index (κ2) is 7.07. The van der Waals surface area contributed by atoms with Crippen LogP contribution in [0.25, 0.3) is 0 Å². The van der Waals surface area contributed by atoms with Crippen LogP contribution in [0.2, 0.25) is 0 Å². The molecule has 0 unspecified atom stereocenters. The van der Waals surface area contributed by atoms with E-state index in [-0.39, 0.29) is 18.2 Å². The number of para-hydroxylation sites is 1. The molecule has 0 atom stereocenters. The number of nitrogens with zero attached hydrogens (tertiary/aromatic N) is 1. The van der Waals surface area contributed by atoms with E-state index >= 15 is 0 Å². The molecule has 0 radical (unpaired) electrons. The third-order valence-electron chi connectivity index (χ3n) is 3.16. The summed E-state index contributed by atoms with van der Waals surface area (Å²) < 4.78 is 31.7. The van der Waals surface area contributed by atoms with Gasteiger partial charge < -0.3 is 15.7 Å². The Morgan fingerprint density at radius 3 is 2.45 bits per heavy atom. The van der Waals surface area contributed by atoms with Gasteiger partial charge in [0, 0.05) is 5.41 Å². The van der Waals surface area contributed by atoms with Crippen LogP contribution in [0.5, 0.6) is 5.75 Å². The second-order valence-electron chi connectivity index (χ2n) is 5.23. The summed E-state index contributed by atoms with van der Waals surface area (Å²) in [6, 6.07) is 3.59. The molecule has 20 heavy (non-hydrogen) atoms. The van der Waals surface area contributed by atoms with Crippen molar-refractivity contribution >= 4 is 5.84 Å². The molecule has 3 N–H and O–H groups in total. The van der Waals surface area contributed by atoms with Crippen molar-refractivity contribution < 1.29 is 18.7 Å². The largest absolute Gasteiger partial charge is 0.488 e. The summed E-state index contributed by atoms with van der Waals surface area (Å²) in [7, 11) is 0. The monoisotopic (exact) mass is 286 g/mol. The van der Waals surface area contributed by atoms with E-state index in [2.05, 4.69) is 5.16 Å². The molecule has 0 spiro atoms. The topological polar surface area (TPSA) is 67.8 Å². The van der Waals surface area contributed by atoms with E-state index in [1.807, 2.05) is 13.8 Å². The maximum absolute atomic E-state index is 13.3. The predicted molar refractivity (Wildman–Crippen MR) is 72.9 cm³/mol. The average Bonchev–Trinajstić information content (AvgIpc) is 2.40. The minimum absolute atomic E-state index is 0.165. The normalized spacial score (nSPS) is 12.5. The minimum Gasteiger partial charge on any atom is -0.488 e. The molecule has 0 aliphatic carbocycles. The Kier molecular flexibility index (Phi) is 5.73. The maximum atomic E-state index is 13.3. The van der Waals surface area contributed by atoms with Crippen LogP contribution in [0.1, 0.15) is 33.1 Å². The number of halogens is 2. The third kappa shape index (κ3) is 4.36. The number of benzene rings is 1. The van der Waals surface area contributed by atoms with Gasteiger partial charge in [-0.2, -0.15) is 0 Å². The first-order valence-electron chi connectivity index (χ1n) is 6.43. The van der Waals surface area contributed by atoms with Crippen molar-refractivity contribution in [2.75, 3.05) is 6.61 Å². The van der Waals surface area contributed by atoms with Gasteiger partial charge in [0.2, 0.25) is 0 Å². The maximum Gasteiger partial charge on any atom is 0.190 e. The van der Waals surface area contributed by atoms with E-state index in [9.17, 15) is 8.78 Å². The molecule has 1 rings (SSSR count). The Labute approximate surface area is 117 Å². The van der Waals surface area contributed by atoms with Crippen LogP contribution in [-0.2, 0) is 0 Å². The molecular weight excluding hydrogens is 266 g/mol. The molecule has 1 aromatic rings. The van der Waals surface area contributed by atoms with Crippen molar-refractivity contribution in [2.24, 2.45) is 16.3 Å². The highest BCUT2D eigenvalue weighted by atomic mass is 19.1. The highest BCUT2D eigenvalue weighted by molar-refractivity contribution is 5.85. The van der Waals surface area contributed by atoms with Crippen molar-refractivity contribution in [1.29, 1.82) is 0 Å². The van der Waals surface area contributed by atoms with Gasteiger partial charge in [0.15, 0.2) is 17.4 Å². The number of unbranched alkanes of at least 4 members (excludes halogenated alkanes) is 1. The Morgan fingerprint density at radius 1 is 1.30 bits per heavy atom. The fourth-order valence-electron chi connectivity index (χ4n) is 1.73. The quantitative estimate of drug-likeness (QED) is 0.266. The van der Waals surface area contributed by atoms with Crippen LogP contribution in [0, 0.1) is 17.0 Å². The van der Waals surface area contributed by atoms with Gasteiger partial charge in [-0.05, 0) is 31.4 Å². The first kappa shape index (κ1) is 16.2. The predicted octanol–water partition coefficient (Wildman–Crippen LogP) is 3.29. The summed E-state index contributed by atoms with van der Waals surface area (Å²) >= 11 is 0. The van der Waals surface area contributed by atoms with Gasteiger partial charge >= 0.3 is 0 Å². The molecule has 0 amide bonds. The van der Waals surface area contributed by atoms with E-state index in [1.54, 1.807) is 0 Å². The minimum atomic E-state index is -0.706. The zero-order valence-electron chi connectivity index (χ0n) is 11.7. The lowest BCUT2D eigenvalue weighted by molar-refractivity contribution is 0.267. The smallest absolute Gasteiger partial charge is 0.190 e. The molecule has 1 aromatic carbocycles. The molecule has 0 aliphatic heterocycles. The Balaban J connectivity index is 2.36. The van der Waals surface area contributed by atoms with Gasteiger partial charge in [0.05, 0.1) is 6.61 Å². The molecule has 0 heterocycles. The molecule has 0 aliphatic rings. The van der Waals surface area contributed by atoms with Crippen LogP contribution in [-0.4, -0.2) is 17.6 Å². The van der Waals surface area contributed by atoms with Crippen molar-refractivity contribution in [1.82, 2.24) is 0 Å². The molecule has 112 valence electrons. The van der Waals surface area contributed by atoms with E-state index in [4.69, 9.17) is 15.7 Å². The van der Waals surface area contributed by atoms with Gasteiger partial charge in [0.25, 0.3) is 0 Å². The fourth-order valence-corrected chi connectivity index (χ4v) is 1.73. The summed E-state index contributed by atoms with van der Waals surface area (Å²) in [5.41, 5.74) is 5.15. The first-order chi connectivity index (χ1) is 9.38. The van der Waals surface area contributed by atoms with Crippen LogP contribution >= 0.6 is 0 Å². The third-order valence-corrected chi connectivity index (χ3v) is 3.16. The van der Waals surface area contributed by atoms with Crippen LogP contribution in [0.4, 0.5) is 8.78 Å². The lowest BCUT2D eigenvalue weighted by Crippen LogP contribution is -2.31. The lowest BCUT2D eigenvalue weighted by atomic mass is 9.86. The fraction of sp³-hybridized carbons (Fsp3) is 0.500. The number of hydrogen-bond donors (Lipinski definition) is 2. The summed E-state index contributed by atoms with van der Waals surface area (Å²) in [4.78, 5) is 0. The highest BCUT2D eigenvalue weighted by Gasteiger charge is 2.22.